The standard InChI is InChI=1S/C20H16F2N4OS/c1-24-14-3-5-18(25-8-14)17(22)7-12-2-4-16(21)15(6-12)20-11-27-9-13(20)10-28-19(23)26-20/h2-8,13H,9-11H2,(H2,23,26)/b17-7-/t13-,20-/m1/s1. The van der Waals surface area contributed by atoms with Crippen molar-refractivity contribution in [2.75, 3.05) is 19.0 Å². The van der Waals surface area contributed by atoms with Crippen LogP contribution in [0.2, 0.25) is 0 Å². The van der Waals surface area contributed by atoms with E-state index >= 15 is 0 Å². The number of pyridine rings is 1. The zero-order chi connectivity index (χ0) is 19.7. The van der Waals surface area contributed by atoms with Crippen LogP contribution < -0.4 is 5.73 Å². The Kier molecular flexibility index (Phi) is 4.87. The summed E-state index contributed by atoms with van der Waals surface area (Å²) in [5.41, 5.74) is 6.31. The summed E-state index contributed by atoms with van der Waals surface area (Å²) >= 11 is 1.43. The van der Waals surface area contributed by atoms with Crippen LogP contribution in [0.1, 0.15) is 16.8 Å². The van der Waals surface area contributed by atoms with Gasteiger partial charge < -0.3 is 10.5 Å². The Balaban J connectivity index is 1.73. The summed E-state index contributed by atoms with van der Waals surface area (Å²) in [5, 5.41) is 0.400. The minimum atomic E-state index is -0.880. The molecule has 0 saturated carbocycles. The van der Waals surface area contributed by atoms with Crippen LogP contribution in [0.5, 0.6) is 0 Å². The fourth-order valence-electron chi connectivity index (χ4n) is 3.47. The number of amidine groups is 1. The predicted molar refractivity (Wildman–Crippen MR) is 106 cm³/mol. The molecule has 0 amide bonds. The average molecular weight is 398 g/mol. The van der Waals surface area contributed by atoms with Crippen LogP contribution in [0, 0.1) is 18.3 Å². The van der Waals surface area contributed by atoms with Crippen molar-refractivity contribution in [3.63, 3.8) is 0 Å². The molecular weight excluding hydrogens is 382 g/mol. The minimum absolute atomic E-state index is 0.00575. The largest absolute Gasteiger partial charge is 0.379 e. The molecule has 0 aliphatic carbocycles. The van der Waals surface area contributed by atoms with E-state index in [4.69, 9.17) is 17.0 Å². The van der Waals surface area contributed by atoms with Crippen LogP contribution >= 0.6 is 11.8 Å². The van der Waals surface area contributed by atoms with Crippen LogP contribution in [-0.4, -0.2) is 29.1 Å². The van der Waals surface area contributed by atoms with Crippen molar-refractivity contribution in [1.82, 2.24) is 4.98 Å². The SMILES string of the molecule is [C-]#[N+]c1ccc(/C(F)=C/c2ccc(F)c([C@@]34COC[C@@H]3CSC(N)=N4)c2)nc1. The highest BCUT2D eigenvalue weighted by atomic mass is 32.2. The molecule has 1 saturated heterocycles. The molecule has 8 heteroatoms. The lowest BCUT2D eigenvalue weighted by atomic mass is 9.81. The van der Waals surface area contributed by atoms with Crippen molar-refractivity contribution in [3.8, 4) is 0 Å². The van der Waals surface area contributed by atoms with E-state index in [-0.39, 0.29) is 18.2 Å². The number of benzene rings is 1. The number of aliphatic imine (C=N–C) groups is 1. The number of nitrogens with zero attached hydrogens (tertiary/aromatic N) is 3. The number of rotatable bonds is 3. The topological polar surface area (TPSA) is 64.9 Å². The Morgan fingerprint density at radius 1 is 1.39 bits per heavy atom. The maximum Gasteiger partial charge on any atom is 0.205 e. The molecule has 1 fully saturated rings. The van der Waals surface area contributed by atoms with E-state index in [9.17, 15) is 8.78 Å². The summed E-state index contributed by atoms with van der Waals surface area (Å²) in [7, 11) is 0. The molecule has 1 aromatic carbocycles. The molecule has 5 nitrogen and oxygen atoms in total. The molecule has 4 rings (SSSR count). The lowest BCUT2D eigenvalue weighted by Crippen LogP contribution is -2.40. The van der Waals surface area contributed by atoms with E-state index < -0.39 is 17.2 Å². The number of aromatic nitrogens is 1. The fourth-order valence-corrected chi connectivity index (χ4v) is 4.44. The normalized spacial score (nSPS) is 24.4. The van der Waals surface area contributed by atoms with Crippen molar-refractivity contribution >= 4 is 34.5 Å². The first-order valence-electron chi connectivity index (χ1n) is 8.59. The van der Waals surface area contributed by atoms with Gasteiger partial charge in [0.05, 0.1) is 25.5 Å². The molecule has 3 heterocycles. The van der Waals surface area contributed by atoms with Gasteiger partial charge in [-0.1, -0.05) is 23.9 Å². The van der Waals surface area contributed by atoms with E-state index in [1.807, 2.05) is 0 Å². The summed E-state index contributed by atoms with van der Waals surface area (Å²) in [5.74, 6) is -0.296. The monoisotopic (exact) mass is 398 g/mol. The number of fused-ring (bicyclic) bond motifs is 1. The zero-order valence-electron chi connectivity index (χ0n) is 14.7. The molecule has 0 radical (unpaired) electrons. The number of hydrogen-bond donors (Lipinski definition) is 1. The van der Waals surface area contributed by atoms with E-state index in [0.29, 0.717) is 34.3 Å². The van der Waals surface area contributed by atoms with Crippen molar-refractivity contribution in [3.05, 3.63) is 70.6 Å². The van der Waals surface area contributed by atoms with E-state index in [2.05, 4.69) is 14.8 Å². The fraction of sp³-hybridized carbons (Fsp3) is 0.250. The van der Waals surface area contributed by atoms with Gasteiger partial charge in [0.15, 0.2) is 5.17 Å². The first-order valence-corrected chi connectivity index (χ1v) is 9.57. The van der Waals surface area contributed by atoms with E-state index in [1.54, 1.807) is 6.07 Å². The highest BCUT2D eigenvalue weighted by molar-refractivity contribution is 8.13. The highest BCUT2D eigenvalue weighted by Gasteiger charge is 2.49. The molecule has 2 aliphatic heterocycles. The van der Waals surface area contributed by atoms with Gasteiger partial charge in [0.2, 0.25) is 5.69 Å². The van der Waals surface area contributed by atoms with Crippen molar-refractivity contribution in [2.45, 2.75) is 5.54 Å². The van der Waals surface area contributed by atoms with Crippen molar-refractivity contribution < 1.29 is 13.5 Å². The Hall–Kier alpha value is -2.76. The van der Waals surface area contributed by atoms with Crippen molar-refractivity contribution in [2.24, 2.45) is 16.6 Å². The maximum atomic E-state index is 14.7. The summed E-state index contributed by atoms with van der Waals surface area (Å²) in [6, 6.07) is 7.33. The predicted octanol–water partition coefficient (Wildman–Crippen LogP) is 4.14. The second kappa shape index (κ2) is 7.34. The molecule has 1 aromatic heterocycles. The smallest absolute Gasteiger partial charge is 0.205 e. The maximum absolute atomic E-state index is 14.7. The molecule has 0 unspecified atom stereocenters. The number of thioether (sulfide) groups is 1. The van der Waals surface area contributed by atoms with Gasteiger partial charge in [0, 0.05) is 23.4 Å². The quantitative estimate of drug-likeness (QED) is 0.789. The van der Waals surface area contributed by atoms with E-state index in [0.717, 1.165) is 0 Å². The zero-order valence-corrected chi connectivity index (χ0v) is 15.5. The first-order chi connectivity index (χ1) is 13.5. The summed E-state index contributed by atoms with van der Waals surface area (Å²) < 4.78 is 34.9. The van der Waals surface area contributed by atoms with Crippen LogP contribution in [-0.2, 0) is 10.3 Å². The average Bonchev–Trinajstić information content (AvgIpc) is 3.13. The molecule has 0 bridgehead atoms. The Bertz CT molecular complexity index is 1020. The summed E-state index contributed by atoms with van der Waals surface area (Å²) in [4.78, 5) is 11.7. The second-order valence-corrected chi connectivity index (χ2v) is 7.68. The molecule has 2 atom stereocenters. The summed E-state index contributed by atoms with van der Waals surface area (Å²) in [6.07, 6.45) is 2.59. The number of ether oxygens (including phenoxy) is 1. The number of halogens is 2. The molecule has 2 aromatic rings. The minimum Gasteiger partial charge on any atom is -0.379 e. The van der Waals surface area contributed by atoms with Crippen LogP contribution in [0.15, 0.2) is 41.5 Å². The third-order valence-corrected chi connectivity index (χ3v) is 5.89. The lowest BCUT2D eigenvalue weighted by Gasteiger charge is -2.34. The van der Waals surface area contributed by atoms with Gasteiger partial charge in [0.25, 0.3) is 0 Å². The Morgan fingerprint density at radius 2 is 2.25 bits per heavy atom. The highest BCUT2D eigenvalue weighted by Crippen LogP contribution is 2.45. The van der Waals surface area contributed by atoms with Gasteiger partial charge in [0.1, 0.15) is 17.2 Å². The molecule has 142 valence electrons. The summed E-state index contributed by atoms with van der Waals surface area (Å²) in [6.45, 7) is 7.65. The molecule has 2 N–H and O–H groups in total. The van der Waals surface area contributed by atoms with E-state index in [1.165, 1.54) is 48.3 Å². The number of hydrogen-bond acceptors (Lipinski definition) is 5. The van der Waals surface area contributed by atoms with Gasteiger partial charge in [-0.05, 0) is 29.8 Å². The van der Waals surface area contributed by atoms with Crippen LogP contribution in [0.4, 0.5) is 14.5 Å². The van der Waals surface area contributed by atoms with Gasteiger partial charge in [-0.15, -0.1) is 0 Å². The van der Waals surface area contributed by atoms with Gasteiger partial charge in [-0.3, -0.25) is 4.98 Å². The Labute approximate surface area is 165 Å². The van der Waals surface area contributed by atoms with Crippen LogP contribution in [0.3, 0.4) is 0 Å². The first kappa shape index (κ1) is 18.6. The van der Waals surface area contributed by atoms with Gasteiger partial charge in [-0.25, -0.2) is 18.6 Å². The third-order valence-electron chi connectivity index (χ3n) is 4.93. The number of nitrogens with two attached hydrogens (primary N) is 1. The van der Waals surface area contributed by atoms with Crippen molar-refractivity contribution in [1.29, 1.82) is 0 Å². The van der Waals surface area contributed by atoms with Gasteiger partial charge in [-0.2, -0.15) is 0 Å². The molecule has 0 spiro atoms. The molecule has 2 aliphatic rings. The second-order valence-electron chi connectivity index (χ2n) is 6.64. The Morgan fingerprint density at radius 3 is 3.00 bits per heavy atom. The van der Waals surface area contributed by atoms with Crippen LogP contribution in [0.25, 0.3) is 16.7 Å². The van der Waals surface area contributed by atoms with Gasteiger partial charge >= 0.3 is 0 Å². The lowest BCUT2D eigenvalue weighted by molar-refractivity contribution is 0.176. The third kappa shape index (κ3) is 3.28. The molecular formula is C20H16F2N4OS. The molecule has 28 heavy (non-hydrogen) atoms.